The number of amides is 2. The SMILES string of the molecule is CC(=O)N1CCC(C(=O)N(Cc2ccccc2)[C@H]2CCS(=O)(=O)C2)CC1. The smallest absolute Gasteiger partial charge is 0.226 e. The molecule has 0 saturated carbocycles. The molecule has 7 heteroatoms. The van der Waals surface area contributed by atoms with Crippen LogP contribution in [0.3, 0.4) is 0 Å². The number of sulfone groups is 1. The summed E-state index contributed by atoms with van der Waals surface area (Å²) in [7, 11) is -3.06. The van der Waals surface area contributed by atoms with Crippen molar-refractivity contribution in [3.05, 3.63) is 35.9 Å². The number of nitrogens with zero attached hydrogens (tertiary/aromatic N) is 2. The first-order valence-electron chi connectivity index (χ1n) is 9.16. The van der Waals surface area contributed by atoms with Crippen LogP contribution in [0, 0.1) is 5.92 Å². The summed E-state index contributed by atoms with van der Waals surface area (Å²) in [4.78, 5) is 28.2. The third-order valence-corrected chi connectivity index (χ3v) is 7.17. The van der Waals surface area contributed by atoms with Gasteiger partial charge in [-0.1, -0.05) is 30.3 Å². The first kappa shape index (κ1) is 18.9. The van der Waals surface area contributed by atoms with E-state index in [0.29, 0.717) is 38.9 Å². The number of rotatable bonds is 4. The van der Waals surface area contributed by atoms with E-state index in [1.165, 1.54) is 0 Å². The minimum absolute atomic E-state index is 0.0270. The van der Waals surface area contributed by atoms with Gasteiger partial charge < -0.3 is 9.80 Å². The van der Waals surface area contributed by atoms with Gasteiger partial charge in [-0.05, 0) is 24.8 Å². The van der Waals surface area contributed by atoms with Gasteiger partial charge in [-0.25, -0.2) is 8.42 Å². The number of benzene rings is 1. The molecule has 3 rings (SSSR count). The Morgan fingerprint density at radius 1 is 1.12 bits per heavy atom. The second-order valence-corrected chi connectivity index (χ2v) is 9.52. The van der Waals surface area contributed by atoms with Crippen molar-refractivity contribution in [2.45, 2.75) is 38.8 Å². The zero-order valence-corrected chi connectivity index (χ0v) is 16.0. The van der Waals surface area contributed by atoms with Crippen molar-refractivity contribution in [1.29, 1.82) is 0 Å². The number of carbonyl (C=O) groups excluding carboxylic acids is 2. The highest BCUT2D eigenvalue weighted by Crippen LogP contribution is 2.26. The minimum atomic E-state index is -3.06. The first-order valence-corrected chi connectivity index (χ1v) is 11.0. The molecule has 1 aromatic carbocycles. The van der Waals surface area contributed by atoms with Gasteiger partial charge in [0.05, 0.1) is 11.5 Å². The van der Waals surface area contributed by atoms with Gasteiger partial charge in [0.2, 0.25) is 11.8 Å². The first-order chi connectivity index (χ1) is 12.4. The van der Waals surface area contributed by atoms with E-state index >= 15 is 0 Å². The molecule has 0 bridgehead atoms. The van der Waals surface area contributed by atoms with Crippen molar-refractivity contribution < 1.29 is 18.0 Å². The van der Waals surface area contributed by atoms with Crippen LogP contribution in [0.2, 0.25) is 0 Å². The van der Waals surface area contributed by atoms with E-state index < -0.39 is 9.84 Å². The molecular weight excluding hydrogens is 352 g/mol. The van der Waals surface area contributed by atoms with Gasteiger partial charge in [0.1, 0.15) is 0 Å². The number of likely N-dealkylation sites (tertiary alicyclic amines) is 1. The third-order valence-electron chi connectivity index (χ3n) is 5.42. The van der Waals surface area contributed by atoms with Crippen LogP contribution in [-0.4, -0.2) is 60.7 Å². The lowest BCUT2D eigenvalue weighted by Gasteiger charge is -2.36. The van der Waals surface area contributed by atoms with Crippen molar-refractivity contribution in [3.63, 3.8) is 0 Å². The molecule has 26 heavy (non-hydrogen) atoms. The van der Waals surface area contributed by atoms with Gasteiger partial charge >= 0.3 is 0 Å². The fourth-order valence-corrected chi connectivity index (χ4v) is 5.59. The van der Waals surface area contributed by atoms with Crippen molar-refractivity contribution >= 4 is 21.7 Å². The highest BCUT2D eigenvalue weighted by Gasteiger charge is 2.38. The summed E-state index contributed by atoms with van der Waals surface area (Å²) < 4.78 is 23.9. The molecule has 0 aliphatic carbocycles. The van der Waals surface area contributed by atoms with Crippen LogP contribution in [0.25, 0.3) is 0 Å². The van der Waals surface area contributed by atoms with Crippen LogP contribution in [-0.2, 0) is 26.0 Å². The summed E-state index contributed by atoms with van der Waals surface area (Å²) in [5.41, 5.74) is 1.01. The molecule has 2 amide bonds. The molecule has 2 heterocycles. The van der Waals surface area contributed by atoms with Crippen LogP contribution in [0.15, 0.2) is 30.3 Å². The lowest BCUT2D eigenvalue weighted by Crippen LogP contribution is -2.47. The van der Waals surface area contributed by atoms with Crippen LogP contribution < -0.4 is 0 Å². The Bertz CT molecular complexity index is 755. The third kappa shape index (κ3) is 4.44. The maximum absolute atomic E-state index is 13.2. The summed E-state index contributed by atoms with van der Waals surface area (Å²) in [6, 6.07) is 9.44. The number of hydrogen-bond acceptors (Lipinski definition) is 4. The Morgan fingerprint density at radius 2 is 1.77 bits per heavy atom. The maximum Gasteiger partial charge on any atom is 0.226 e. The fourth-order valence-electron chi connectivity index (χ4n) is 3.86. The van der Waals surface area contributed by atoms with Crippen molar-refractivity contribution in [2.75, 3.05) is 24.6 Å². The normalized spacial score (nSPS) is 23.0. The molecule has 0 radical (unpaired) electrons. The maximum atomic E-state index is 13.2. The average molecular weight is 378 g/mol. The number of hydrogen-bond donors (Lipinski definition) is 0. The molecule has 0 unspecified atom stereocenters. The zero-order valence-electron chi connectivity index (χ0n) is 15.1. The lowest BCUT2D eigenvalue weighted by molar-refractivity contribution is -0.142. The Morgan fingerprint density at radius 3 is 2.31 bits per heavy atom. The van der Waals surface area contributed by atoms with Gasteiger partial charge in [-0.3, -0.25) is 9.59 Å². The van der Waals surface area contributed by atoms with E-state index in [1.54, 1.807) is 16.7 Å². The highest BCUT2D eigenvalue weighted by molar-refractivity contribution is 7.91. The van der Waals surface area contributed by atoms with Crippen molar-refractivity contribution in [3.8, 4) is 0 Å². The Balaban J connectivity index is 1.74. The molecule has 6 nitrogen and oxygen atoms in total. The predicted octanol–water partition coefficient (Wildman–Crippen LogP) is 1.46. The van der Waals surface area contributed by atoms with E-state index in [-0.39, 0.29) is 35.3 Å². The average Bonchev–Trinajstić information content (AvgIpc) is 2.99. The van der Waals surface area contributed by atoms with E-state index in [4.69, 9.17) is 0 Å². The van der Waals surface area contributed by atoms with Gasteiger partial charge in [-0.15, -0.1) is 0 Å². The molecular formula is C19H26N2O4S. The van der Waals surface area contributed by atoms with Gasteiger partial charge in [0.15, 0.2) is 9.84 Å². The van der Waals surface area contributed by atoms with Crippen LogP contribution in [0.5, 0.6) is 0 Å². The van der Waals surface area contributed by atoms with Crippen LogP contribution >= 0.6 is 0 Å². The number of carbonyl (C=O) groups is 2. The quantitative estimate of drug-likeness (QED) is 0.795. The Labute approximate surface area is 155 Å². The largest absolute Gasteiger partial charge is 0.343 e. The second kappa shape index (κ2) is 7.78. The summed E-state index contributed by atoms with van der Waals surface area (Å²) in [5, 5.41) is 0. The van der Waals surface area contributed by atoms with Gasteiger partial charge in [0.25, 0.3) is 0 Å². The highest BCUT2D eigenvalue weighted by atomic mass is 32.2. The van der Waals surface area contributed by atoms with E-state index in [9.17, 15) is 18.0 Å². The fraction of sp³-hybridized carbons (Fsp3) is 0.579. The molecule has 0 N–H and O–H groups in total. The molecule has 2 fully saturated rings. The molecule has 2 aliphatic rings. The summed E-state index contributed by atoms with van der Waals surface area (Å²) >= 11 is 0. The van der Waals surface area contributed by atoms with Gasteiger partial charge in [-0.2, -0.15) is 0 Å². The van der Waals surface area contributed by atoms with Crippen LogP contribution in [0.4, 0.5) is 0 Å². The molecule has 0 spiro atoms. The Hall–Kier alpha value is -1.89. The topological polar surface area (TPSA) is 74.8 Å². The molecule has 0 aromatic heterocycles. The number of piperidine rings is 1. The van der Waals surface area contributed by atoms with Crippen LogP contribution in [0.1, 0.15) is 31.7 Å². The molecule has 1 aromatic rings. The minimum Gasteiger partial charge on any atom is -0.343 e. The predicted molar refractivity (Wildman–Crippen MR) is 99.0 cm³/mol. The zero-order chi connectivity index (χ0) is 18.7. The molecule has 142 valence electrons. The van der Waals surface area contributed by atoms with E-state index in [0.717, 1.165) is 5.56 Å². The van der Waals surface area contributed by atoms with E-state index in [2.05, 4.69) is 0 Å². The van der Waals surface area contributed by atoms with Crippen molar-refractivity contribution in [1.82, 2.24) is 9.80 Å². The molecule has 1 atom stereocenters. The second-order valence-electron chi connectivity index (χ2n) is 7.29. The van der Waals surface area contributed by atoms with Crippen molar-refractivity contribution in [2.24, 2.45) is 5.92 Å². The van der Waals surface area contributed by atoms with E-state index in [1.807, 2.05) is 30.3 Å². The van der Waals surface area contributed by atoms with Gasteiger partial charge in [0, 0.05) is 38.5 Å². The molecule has 2 aliphatic heterocycles. The monoisotopic (exact) mass is 378 g/mol. The summed E-state index contributed by atoms with van der Waals surface area (Å²) in [5.74, 6) is 0.132. The molecule has 2 saturated heterocycles. The summed E-state index contributed by atoms with van der Waals surface area (Å²) in [6.45, 7) is 3.17. The standard InChI is InChI=1S/C19H26N2O4S/c1-15(22)20-10-7-17(8-11-20)19(23)21(13-16-5-3-2-4-6-16)18-9-12-26(24,25)14-18/h2-6,17-18H,7-14H2,1H3/t18-/m0/s1. The lowest BCUT2D eigenvalue weighted by atomic mass is 9.94. The Kier molecular flexibility index (Phi) is 5.65. The summed E-state index contributed by atoms with van der Waals surface area (Å²) in [6.07, 6.45) is 1.79.